The molecule has 5 heteroatoms. The third-order valence-electron chi connectivity index (χ3n) is 2.69. The fourth-order valence-electron chi connectivity index (χ4n) is 1.72. The highest BCUT2D eigenvalue weighted by molar-refractivity contribution is 5.93. The monoisotopic (exact) mass is 250 g/mol. The number of carbonyl (C=O) groups excluding carboxylic acids is 1. The first-order valence-corrected chi connectivity index (χ1v) is 6.11. The van der Waals surface area contributed by atoms with E-state index in [0.717, 1.165) is 12.4 Å². The predicted octanol–water partition coefficient (Wildman–Crippen LogP) is 0.957. The third-order valence-corrected chi connectivity index (χ3v) is 2.69. The number of hydrogen-bond donors (Lipinski definition) is 1. The van der Waals surface area contributed by atoms with Gasteiger partial charge in [0.15, 0.2) is 0 Å². The number of hydrogen-bond acceptors (Lipinski definition) is 4. The van der Waals surface area contributed by atoms with Crippen molar-refractivity contribution in [3.05, 3.63) is 23.9 Å². The molecule has 0 radical (unpaired) electrons. The Morgan fingerprint density at radius 1 is 1.39 bits per heavy atom. The Morgan fingerprint density at radius 3 is 2.44 bits per heavy atom. The van der Waals surface area contributed by atoms with Crippen molar-refractivity contribution in [3.63, 3.8) is 0 Å². The molecular formula is C13H22N4O. The second kappa shape index (κ2) is 6.35. The second-order valence-electron chi connectivity index (χ2n) is 4.68. The lowest BCUT2D eigenvalue weighted by Gasteiger charge is -2.27. The smallest absolute Gasteiger partial charge is 0.254 e. The Balaban J connectivity index is 2.90. The van der Waals surface area contributed by atoms with Gasteiger partial charge in [-0.25, -0.2) is 4.98 Å². The molecule has 2 N–H and O–H groups in total. The SMILES string of the molecule is CC(C)N(CCN)c1ccc(C(=O)N(C)C)cn1. The summed E-state index contributed by atoms with van der Waals surface area (Å²) in [4.78, 5) is 19.7. The van der Waals surface area contributed by atoms with Crippen LogP contribution in [0.25, 0.3) is 0 Å². The Bertz CT molecular complexity index is 386. The molecule has 18 heavy (non-hydrogen) atoms. The van der Waals surface area contributed by atoms with Gasteiger partial charge in [0.2, 0.25) is 0 Å². The summed E-state index contributed by atoms with van der Waals surface area (Å²) in [6, 6.07) is 4.00. The average molecular weight is 250 g/mol. The molecule has 0 unspecified atom stereocenters. The van der Waals surface area contributed by atoms with Gasteiger partial charge in [-0.05, 0) is 26.0 Å². The molecule has 1 aromatic heterocycles. The molecule has 1 amide bonds. The van der Waals surface area contributed by atoms with Crippen molar-refractivity contribution in [1.82, 2.24) is 9.88 Å². The predicted molar refractivity (Wildman–Crippen MR) is 73.8 cm³/mol. The summed E-state index contributed by atoms with van der Waals surface area (Å²) in [5, 5.41) is 0. The van der Waals surface area contributed by atoms with E-state index in [1.807, 2.05) is 6.07 Å². The van der Waals surface area contributed by atoms with Crippen molar-refractivity contribution in [2.24, 2.45) is 5.73 Å². The topological polar surface area (TPSA) is 62.5 Å². The van der Waals surface area contributed by atoms with Crippen LogP contribution in [-0.2, 0) is 0 Å². The number of aromatic nitrogens is 1. The number of amides is 1. The minimum absolute atomic E-state index is 0.0380. The summed E-state index contributed by atoms with van der Waals surface area (Å²) in [5.74, 6) is 0.815. The van der Waals surface area contributed by atoms with Crippen LogP contribution in [0.4, 0.5) is 5.82 Å². The minimum Gasteiger partial charge on any atom is -0.353 e. The van der Waals surface area contributed by atoms with Crippen molar-refractivity contribution in [2.75, 3.05) is 32.1 Å². The molecule has 1 aromatic rings. The standard InChI is InChI=1S/C13H22N4O/c1-10(2)17(8-7-14)12-6-5-11(9-15-12)13(18)16(3)4/h5-6,9-10H,7-8,14H2,1-4H3. The van der Waals surface area contributed by atoms with Gasteiger partial charge in [0.1, 0.15) is 5.82 Å². The van der Waals surface area contributed by atoms with Crippen LogP contribution in [0.5, 0.6) is 0 Å². The zero-order valence-electron chi connectivity index (χ0n) is 11.6. The fourth-order valence-corrected chi connectivity index (χ4v) is 1.72. The van der Waals surface area contributed by atoms with Gasteiger partial charge in [-0.15, -0.1) is 0 Å². The normalized spacial score (nSPS) is 10.6. The van der Waals surface area contributed by atoms with Gasteiger partial charge >= 0.3 is 0 Å². The molecule has 5 nitrogen and oxygen atoms in total. The minimum atomic E-state index is -0.0380. The van der Waals surface area contributed by atoms with E-state index in [-0.39, 0.29) is 5.91 Å². The fraction of sp³-hybridized carbons (Fsp3) is 0.538. The van der Waals surface area contributed by atoms with Crippen molar-refractivity contribution in [3.8, 4) is 0 Å². The largest absolute Gasteiger partial charge is 0.353 e. The Labute approximate surface area is 109 Å². The summed E-state index contributed by atoms with van der Waals surface area (Å²) in [6.45, 7) is 5.52. The maximum atomic E-state index is 11.7. The van der Waals surface area contributed by atoms with Crippen LogP contribution in [-0.4, -0.2) is 49.0 Å². The number of nitrogens with zero attached hydrogens (tertiary/aromatic N) is 3. The number of rotatable bonds is 5. The summed E-state index contributed by atoms with van der Waals surface area (Å²) < 4.78 is 0. The molecule has 0 fully saturated rings. The molecule has 0 aliphatic rings. The molecule has 0 aromatic carbocycles. The quantitative estimate of drug-likeness (QED) is 0.845. The molecule has 0 spiro atoms. The van der Waals surface area contributed by atoms with Gasteiger partial charge in [0.05, 0.1) is 5.56 Å². The second-order valence-corrected chi connectivity index (χ2v) is 4.68. The number of nitrogens with two attached hydrogens (primary N) is 1. The molecule has 1 heterocycles. The van der Waals surface area contributed by atoms with E-state index in [0.29, 0.717) is 18.2 Å². The lowest BCUT2D eigenvalue weighted by atomic mass is 10.2. The van der Waals surface area contributed by atoms with E-state index in [9.17, 15) is 4.79 Å². The Hall–Kier alpha value is -1.62. The third kappa shape index (κ3) is 3.43. The zero-order chi connectivity index (χ0) is 13.7. The lowest BCUT2D eigenvalue weighted by molar-refractivity contribution is 0.0827. The lowest BCUT2D eigenvalue weighted by Crippen LogP contribution is -2.36. The van der Waals surface area contributed by atoms with Crippen molar-refractivity contribution < 1.29 is 4.79 Å². The number of pyridine rings is 1. The highest BCUT2D eigenvalue weighted by atomic mass is 16.2. The van der Waals surface area contributed by atoms with E-state index < -0.39 is 0 Å². The number of carbonyl (C=O) groups is 1. The summed E-state index contributed by atoms with van der Waals surface area (Å²) >= 11 is 0. The van der Waals surface area contributed by atoms with Crippen LogP contribution in [0.3, 0.4) is 0 Å². The summed E-state index contributed by atoms with van der Waals surface area (Å²) in [7, 11) is 3.45. The van der Waals surface area contributed by atoms with Crippen molar-refractivity contribution >= 4 is 11.7 Å². The molecule has 0 aliphatic heterocycles. The molecule has 0 saturated heterocycles. The highest BCUT2D eigenvalue weighted by Crippen LogP contribution is 2.14. The molecule has 1 rings (SSSR count). The molecule has 100 valence electrons. The van der Waals surface area contributed by atoms with Crippen LogP contribution in [0.1, 0.15) is 24.2 Å². The first kappa shape index (κ1) is 14.4. The maximum absolute atomic E-state index is 11.7. The summed E-state index contributed by atoms with van der Waals surface area (Å²) in [6.07, 6.45) is 1.61. The Kier molecular flexibility index (Phi) is 5.09. The van der Waals surface area contributed by atoms with Gasteiger partial charge in [-0.1, -0.05) is 0 Å². The van der Waals surface area contributed by atoms with E-state index in [2.05, 4.69) is 23.7 Å². The van der Waals surface area contributed by atoms with Gasteiger partial charge in [0.25, 0.3) is 5.91 Å². The Morgan fingerprint density at radius 2 is 2.06 bits per heavy atom. The van der Waals surface area contributed by atoms with E-state index in [1.165, 1.54) is 4.90 Å². The number of anilines is 1. The van der Waals surface area contributed by atoms with Crippen LogP contribution < -0.4 is 10.6 Å². The summed E-state index contributed by atoms with van der Waals surface area (Å²) in [5.41, 5.74) is 6.19. The highest BCUT2D eigenvalue weighted by Gasteiger charge is 2.13. The molecule has 0 atom stereocenters. The molecular weight excluding hydrogens is 228 g/mol. The molecule has 0 saturated carbocycles. The van der Waals surface area contributed by atoms with Crippen LogP contribution in [0.15, 0.2) is 18.3 Å². The van der Waals surface area contributed by atoms with Crippen molar-refractivity contribution in [2.45, 2.75) is 19.9 Å². The van der Waals surface area contributed by atoms with Crippen molar-refractivity contribution in [1.29, 1.82) is 0 Å². The van der Waals surface area contributed by atoms with Gasteiger partial charge < -0.3 is 15.5 Å². The average Bonchev–Trinajstić information content (AvgIpc) is 2.35. The van der Waals surface area contributed by atoms with E-state index >= 15 is 0 Å². The molecule has 0 bridgehead atoms. The zero-order valence-corrected chi connectivity index (χ0v) is 11.6. The van der Waals surface area contributed by atoms with Crippen LogP contribution >= 0.6 is 0 Å². The van der Waals surface area contributed by atoms with Crippen LogP contribution in [0.2, 0.25) is 0 Å². The van der Waals surface area contributed by atoms with E-state index in [1.54, 1.807) is 26.4 Å². The first-order valence-electron chi connectivity index (χ1n) is 6.11. The molecule has 0 aliphatic carbocycles. The first-order chi connectivity index (χ1) is 8.47. The van der Waals surface area contributed by atoms with E-state index in [4.69, 9.17) is 5.73 Å². The maximum Gasteiger partial charge on any atom is 0.254 e. The van der Waals surface area contributed by atoms with Crippen LogP contribution in [0, 0.1) is 0 Å². The van der Waals surface area contributed by atoms with Gasteiger partial charge in [-0.3, -0.25) is 4.79 Å². The van der Waals surface area contributed by atoms with Gasteiger partial charge in [0, 0.05) is 39.4 Å². The van der Waals surface area contributed by atoms with Gasteiger partial charge in [-0.2, -0.15) is 0 Å².